The van der Waals surface area contributed by atoms with Gasteiger partial charge in [-0.15, -0.1) is 0 Å². The Bertz CT molecular complexity index is 594. The van der Waals surface area contributed by atoms with E-state index in [0.29, 0.717) is 24.2 Å². The molecule has 1 aromatic carbocycles. The Hall–Kier alpha value is -1.72. The van der Waals surface area contributed by atoms with E-state index in [9.17, 15) is 18.0 Å². The molecule has 1 aliphatic rings. The minimum atomic E-state index is -4.86. The lowest BCUT2D eigenvalue weighted by Gasteiger charge is -2.39. The molecule has 0 aromatic heterocycles. The molecule has 0 saturated carbocycles. The SMILES string of the molecule is COc1cc2c(cc1C)CCCN(C(=O)C(F)(F)F)C2(C)C. The maximum Gasteiger partial charge on any atom is 0.471 e. The van der Waals surface area contributed by atoms with Gasteiger partial charge >= 0.3 is 12.1 Å². The van der Waals surface area contributed by atoms with Crippen LogP contribution in [0.3, 0.4) is 0 Å². The fourth-order valence-corrected chi connectivity index (χ4v) is 3.11. The fourth-order valence-electron chi connectivity index (χ4n) is 3.11. The van der Waals surface area contributed by atoms with E-state index >= 15 is 0 Å². The molecule has 0 atom stereocenters. The van der Waals surface area contributed by atoms with Crippen molar-refractivity contribution in [2.24, 2.45) is 0 Å². The second kappa shape index (κ2) is 5.48. The van der Waals surface area contributed by atoms with Crippen LogP contribution in [0, 0.1) is 6.92 Å². The zero-order chi connectivity index (χ0) is 16.7. The van der Waals surface area contributed by atoms with Gasteiger partial charge in [0.1, 0.15) is 5.75 Å². The molecule has 0 spiro atoms. The average molecular weight is 315 g/mol. The van der Waals surface area contributed by atoms with Crippen molar-refractivity contribution in [2.75, 3.05) is 13.7 Å². The summed E-state index contributed by atoms with van der Waals surface area (Å²) < 4.78 is 43.9. The molecule has 0 saturated heterocycles. The van der Waals surface area contributed by atoms with E-state index < -0.39 is 17.6 Å². The van der Waals surface area contributed by atoms with Gasteiger partial charge in [-0.05, 0) is 56.4 Å². The van der Waals surface area contributed by atoms with Gasteiger partial charge in [0.15, 0.2) is 0 Å². The third kappa shape index (κ3) is 2.78. The molecular formula is C16H20F3NO2. The molecule has 3 nitrogen and oxygen atoms in total. The van der Waals surface area contributed by atoms with Crippen LogP contribution in [0.2, 0.25) is 0 Å². The third-order valence-electron chi connectivity index (χ3n) is 4.27. The van der Waals surface area contributed by atoms with Crippen LogP contribution in [-0.4, -0.2) is 30.6 Å². The first-order chi connectivity index (χ1) is 10.1. The Morgan fingerprint density at radius 3 is 2.50 bits per heavy atom. The van der Waals surface area contributed by atoms with Gasteiger partial charge in [0, 0.05) is 6.54 Å². The van der Waals surface area contributed by atoms with Crippen LogP contribution < -0.4 is 4.74 Å². The predicted molar refractivity (Wildman–Crippen MR) is 76.8 cm³/mol. The molecule has 1 heterocycles. The number of rotatable bonds is 1. The summed E-state index contributed by atoms with van der Waals surface area (Å²) in [6.07, 6.45) is -3.72. The van der Waals surface area contributed by atoms with Gasteiger partial charge in [-0.1, -0.05) is 6.07 Å². The van der Waals surface area contributed by atoms with Crippen molar-refractivity contribution in [3.8, 4) is 5.75 Å². The number of amides is 1. The molecule has 122 valence electrons. The second-order valence-corrected chi connectivity index (χ2v) is 6.10. The normalized spacial score (nSPS) is 17.7. The number of alkyl halides is 3. The van der Waals surface area contributed by atoms with Gasteiger partial charge in [-0.25, -0.2) is 0 Å². The van der Waals surface area contributed by atoms with Crippen LogP contribution in [0.1, 0.15) is 37.0 Å². The van der Waals surface area contributed by atoms with E-state index in [-0.39, 0.29) is 6.54 Å². The number of fused-ring (bicyclic) bond motifs is 1. The Morgan fingerprint density at radius 1 is 1.32 bits per heavy atom. The summed E-state index contributed by atoms with van der Waals surface area (Å²) in [6, 6.07) is 3.70. The highest BCUT2D eigenvalue weighted by Gasteiger charge is 2.48. The molecule has 1 aromatic rings. The van der Waals surface area contributed by atoms with Crippen molar-refractivity contribution in [3.63, 3.8) is 0 Å². The quantitative estimate of drug-likeness (QED) is 0.793. The maximum atomic E-state index is 12.9. The van der Waals surface area contributed by atoms with Crippen LogP contribution >= 0.6 is 0 Å². The van der Waals surface area contributed by atoms with Crippen molar-refractivity contribution < 1.29 is 22.7 Å². The topological polar surface area (TPSA) is 29.5 Å². The molecule has 0 bridgehead atoms. The molecule has 0 aliphatic carbocycles. The molecule has 0 N–H and O–H groups in total. The number of methoxy groups -OCH3 is 1. The lowest BCUT2D eigenvalue weighted by atomic mass is 9.87. The second-order valence-electron chi connectivity index (χ2n) is 6.10. The van der Waals surface area contributed by atoms with Crippen molar-refractivity contribution in [1.82, 2.24) is 4.90 Å². The first kappa shape index (κ1) is 16.6. The number of halogens is 3. The van der Waals surface area contributed by atoms with Gasteiger partial charge in [0.05, 0.1) is 12.6 Å². The molecule has 0 fully saturated rings. The number of benzene rings is 1. The van der Waals surface area contributed by atoms with Gasteiger partial charge < -0.3 is 9.64 Å². The highest BCUT2D eigenvalue weighted by Crippen LogP contribution is 2.39. The average Bonchev–Trinajstić information content (AvgIpc) is 2.52. The molecular weight excluding hydrogens is 295 g/mol. The summed E-state index contributed by atoms with van der Waals surface area (Å²) >= 11 is 0. The zero-order valence-electron chi connectivity index (χ0n) is 13.2. The van der Waals surface area contributed by atoms with Crippen LogP contribution in [0.25, 0.3) is 0 Å². The highest BCUT2D eigenvalue weighted by atomic mass is 19.4. The highest BCUT2D eigenvalue weighted by molar-refractivity contribution is 5.83. The number of ether oxygens (including phenoxy) is 1. The number of nitrogens with zero attached hydrogens (tertiary/aromatic N) is 1. The van der Waals surface area contributed by atoms with Crippen molar-refractivity contribution in [2.45, 2.75) is 45.3 Å². The van der Waals surface area contributed by atoms with E-state index in [2.05, 4.69) is 0 Å². The fraction of sp³-hybridized carbons (Fsp3) is 0.562. The summed E-state index contributed by atoms with van der Waals surface area (Å²) in [4.78, 5) is 12.7. The van der Waals surface area contributed by atoms with Gasteiger partial charge in [-0.3, -0.25) is 4.79 Å². The van der Waals surface area contributed by atoms with Crippen LogP contribution in [0.15, 0.2) is 12.1 Å². The Labute approximate surface area is 128 Å². The summed E-state index contributed by atoms with van der Waals surface area (Å²) in [7, 11) is 1.52. The summed E-state index contributed by atoms with van der Waals surface area (Å²) in [5.74, 6) is -1.17. The molecule has 6 heteroatoms. The Morgan fingerprint density at radius 2 is 1.95 bits per heavy atom. The van der Waals surface area contributed by atoms with E-state index in [1.165, 1.54) is 7.11 Å². The van der Waals surface area contributed by atoms with Crippen LogP contribution in [0.4, 0.5) is 13.2 Å². The zero-order valence-corrected chi connectivity index (χ0v) is 13.2. The molecule has 2 rings (SSSR count). The third-order valence-corrected chi connectivity index (χ3v) is 4.27. The first-order valence-electron chi connectivity index (χ1n) is 7.16. The van der Waals surface area contributed by atoms with Crippen molar-refractivity contribution in [1.29, 1.82) is 0 Å². The lowest BCUT2D eigenvalue weighted by molar-refractivity contribution is -0.191. The Kier molecular flexibility index (Phi) is 4.15. The van der Waals surface area contributed by atoms with E-state index in [1.54, 1.807) is 19.9 Å². The van der Waals surface area contributed by atoms with E-state index in [4.69, 9.17) is 4.74 Å². The van der Waals surface area contributed by atoms with E-state index in [0.717, 1.165) is 16.0 Å². The number of carbonyl (C=O) groups excluding carboxylic acids is 1. The number of hydrogen-bond acceptors (Lipinski definition) is 2. The first-order valence-corrected chi connectivity index (χ1v) is 7.16. The van der Waals surface area contributed by atoms with Crippen LogP contribution in [0.5, 0.6) is 5.75 Å². The number of carbonyl (C=O) groups is 1. The monoisotopic (exact) mass is 315 g/mol. The van der Waals surface area contributed by atoms with Gasteiger partial charge in [0.25, 0.3) is 0 Å². The number of aryl methyl sites for hydroxylation is 2. The summed E-state index contributed by atoms with van der Waals surface area (Å²) in [5.41, 5.74) is 1.58. The minimum Gasteiger partial charge on any atom is -0.496 e. The smallest absolute Gasteiger partial charge is 0.471 e. The predicted octanol–water partition coefficient (Wildman–Crippen LogP) is 3.58. The van der Waals surface area contributed by atoms with Gasteiger partial charge in [-0.2, -0.15) is 13.2 Å². The standard InChI is InChI=1S/C16H20F3NO2/c1-10-8-11-6-5-7-20(14(21)16(17,18)19)15(2,3)12(11)9-13(10)22-4/h8-9H,5-7H2,1-4H3. The molecule has 0 unspecified atom stereocenters. The van der Waals surface area contributed by atoms with Crippen LogP contribution in [-0.2, 0) is 16.8 Å². The van der Waals surface area contributed by atoms with Gasteiger partial charge in [0.2, 0.25) is 0 Å². The minimum absolute atomic E-state index is 0.0847. The molecule has 1 aliphatic heterocycles. The molecule has 22 heavy (non-hydrogen) atoms. The summed E-state index contributed by atoms with van der Waals surface area (Å²) in [6.45, 7) is 5.28. The maximum absolute atomic E-state index is 12.9. The molecule has 0 radical (unpaired) electrons. The Balaban J connectivity index is 2.56. The van der Waals surface area contributed by atoms with Crippen molar-refractivity contribution >= 4 is 5.91 Å². The summed E-state index contributed by atoms with van der Waals surface area (Å²) in [5, 5.41) is 0. The lowest BCUT2D eigenvalue weighted by Crippen LogP contribution is -2.50. The number of hydrogen-bond donors (Lipinski definition) is 0. The largest absolute Gasteiger partial charge is 0.496 e. The van der Waals surface area contributed by atoms with E-state index in [1.807, 2.05) is 13.0 Å². The van der Waals surface area contributed by atoms with Crippen molar-refractivity contribution in [3.05, 3.63) is 28.8 Å². The molecule has 1 amide bonds.